The second-order valence-electron chi connectivity index (χ2n) is 9.40. The number of carbonyl (C=O) groups is 2. The topological polar surface area (TPSA) is 52.7 Å². The standard InChI is InChI=1S/C26H31N3O2/c30-24-26(17-20-9-3-1-4-10-20,18-21-11-5-2-6-12-21)27-25(31)29(24)19-28(23-15-16-23)22-13-7-8-14-22/h1-6,9-12,22-23H,7-8,13-19H2,(H,27,31). The number of rotatable bonds is 8. The maximum Gasteiger partial charge on any atom is 0.326 e. The Hall–Kier alpha value is -2.66. The van der Waals surface area contributed by atoms with Gasteiger partial charge in [0, 0.05) is 24.9 Å². The summed E-state index contributed by atoms with van der Waals surface area (Å²) in [5.74, 6) is -0.0890. The Morgan fingerprint density at radius 1 is 0.806 bits per heavy atom. The van der Waals surface area contributed by atoms with Crippen LogP contribution >= 0.6 is 0 Å². The lowest BCUT2D eigenvalue weighted by atomic mass is 9.84. The van der Waals surface area contributed by atoms with Gasteiger partial charge in [-0.15, -0.1) is 0 Å². The van der Waals surface area contributed by atoms with Gasteiger partial charge in [-0.1, -0.05) is 73.5 Å². The molecule has 0 radical (unpaired) electrons. The first kappa shape index (κ1) is 20.3. The number of benzene rings is 2. The van der Waals surface area contributed by atoms with E-state index in [0.29, 0.717) is 31.6 Å². The summed E-state index contributed by atoms with van der Waals surface area (Å²) >= 11 is 0. The molecular weight excluding hydrogens is 386 g/mol. The second-order valence-corrected chi connectivity index (χ2v) is 9.40. The van der Waals surface area contributed by atoms with Crippen molar-refractivity contribution in [2.75, 3.05) is 6.67 Å². The van der Waals surface area contributed by atoms with Crippen molar-refractivity contribution in [2.24, 2.45) is 0 Å². The summed E-state index contributed by atoms with van der Waals surface area (Å²) in [6.07, 6.45) is 8.21. The van der Waals surface area contributed by atoms with Crippen molar-refractivity contribution in [1.29, 1.82) is 0 Å². The SMILES string of the molecule is O=C1NC(Cc2ccccc2)(Cc2ccccc2)C(=O)N1CN(C1CCCC1)C1CC1. The maximum absolute atomic E-state index is 13.9. The Balaban J connectivity index is 1.42. The van der Waals surface area contributed by atoms with Crippen LogP contribution in [0, 0.1) is 0 Å². The Kier molecular flexibility index (Phi) is 5.53. The number of amides is 3. The molecule has 3 aliphatic rings. The van der Waals surface area contributed by atoms with Crippen molar-refractivity contribution in [1.82, 2.24) is 15.1 Å². The van der Waals surface area contributed by atoms with Crippen LogP contribution in [0.3, 0.4) is 0 Å². The van der Waals surface area contributed by atoms with Gasteiger partial charge in [0.2, 0.25) is 0 Å². The third-order valence-electron chi connectivity index (χ3n) is 7.06. The van der Waals surface area contributed by atoms with Gasteiger partial charge in [-0.3, -0.25) is 9.69 Å². The summed E-state index contributed by atoms with van der Waals surface area (Å²) in [4.78, 5) is 30.9. The summed E-state index contributed by atoms with van der Waals surface area (Å²) in [6, 6.07) is 20.8. The molecule has 0 bridgehead atoms. The molecule has 2 saturated carbocycles. The molecule has 0 unspecified atom stereocenters. The van der Waals surface area contributed by atoms with E-state index in [1.165, 1.54) is 43.4 Å². The van der Waals surface area contributed by atoms with Crippen LogP contribution in [0.1, 0.15) is 49.7 Å². The molecule has 1 N–H and O–H groups in total. The van der Waals surface area contributed by atoms with E-state index in [4.69, 9.17) is 0 Å². The van der Waals surface area contributed by atoms with Gasteiger partial charge in [0.15, 0.2) is 0 Å². The van der Waals surface area contributed by atoms with Gasteiger partial charge in [0.1, 0.15) is 5.54 Å². The minimum Gasteiger partial charge on any atom is -0.322 e. The van der Waals surface area contributed by atoms with Gasteiger partial charge in [0.05, 0.1) is 6.67 Å². The third kappa shape index (κ3) is 4.24. The molecule has 3 fully saturated rings. The number of hydrogen-bond acceptors (Lipinski definition) is 3. The lowest BCUT2D eigenvalue weighted by molar-refractivity contribution is -0.133. The number of nitrogens with one attached hydrogen (secondary N) is 1. The molecular formula is C26H31N3O2. The molecule has 3 amide bonds. The highest BCUT2D eigenvalue weighted by Gasteiger charge is 2.52. The molecule has 0 spiro atoms. The molecule has 5 rings (SSSR count). The van der Waals surface area contributed by atoms with Gasteiger partial charge >= 0.3 is 6.03 Å². The van der Waals surface area contributed by atoms with Crippen molar-refractivity contribution < 1.29 is 9.59 Å². The predicted octanol–water partition coefficient (Wildman–Crippen LogP) is 4.13. The van der Waals surface area contributed by atoms with Crippen molar-refractivity contribution in [3.8, 4) is 0 Å². The number of urea groups is 1. The Bertz CT molecular complexity index is 879. The van der Waals surface area contributed by atoms with Crippen LogP contribution < -0.4 is 5.32 Å². The van der Waals surface area contributed by atoms with Crippen LogP contribution in [-0.4, -0.2) is 46.0 Å². The van der Waals surface area contributed by atoms with Gasteiger partial charge in [-0.05, 0) is 36.8 Å². The van der Waals surface area contributed by atoms with Crippen molar-refractivity contribution in [2.45, 2.75) is 69.0 Å². The summed E-state index contributed by atoms with van der Waals surface area (Å²) in [7, 11) is 0. The fourth-order valence-electron chi connectivity index (χ4n) is 5.33. The molecule has 2 aromatic carbocycles. The van der Waals surface area contributed by atoms with Gasteiger partial charge in [-0.2, -0.15) is 0 Å². The molecule has 5 heteroatoms. The van der Waals surface area contributed by atoms with Crippen LogP contribution in [0.25, 0.3) is 0 Å². The highest BCUT2D eigenvalue weighted by Crippen LogP contribution is 2.36. The van der Waals surface area contributed by atoms with E-state index in [2.05, 4.69) is 10.2 Å². The molecule has 162 valence electrons. The zero-order valence-electron chi connectivity index (χ0n) is 18.0. The molecule has 5 nitrogen and oxygen atoms in total. The van der Waals surface area contributed by atoms with E-state index in [1.807, 2.05) is 60.7 Å². The molecule has 0 atom stereocenters. The first-order chi connectivity index (χ1) is 15.1. The summed E-state index contributed by atoms with van der Waals surface area (Å²) in [6.45, 7) is 0.422. The quantitative estimate of drug-likeness (QED) is 0.657. The van der Waals surface area contributed by atoms with Gasteiger partial charge < -0.3 is 5.32 Å². The van der Waals surface area contributed by atoms with Crippen LogP contribution in [0.5, 0.6) is 0 Å². The Morgan fingerprint density at radius 3 is 1.84 bits per heavy atom. The lowest BCUT2D eigenvalue weighted by Crippen LogP contribution is -2.52. The van der Waals surface area contributed by atoms with E-state index >= 15 is 0 Å². The zero-order chi connectivity index (χ0) is 21.3. The molecule has 0 aromatic heterocycles. The number of carbonyl (C=O) groups excluding carboxylic acids is 2. The molecule has 2 aromatic rings. The second kappa shape index (κ2) is 8.46. The average Bonchev–Trinajstić information content (AvgIpc) is 3.42. The molecule has 1 saturated heterocycles. The smallest absolute Gasteiger partial charge is 0.322 e. The van der Waals surface area contributed by atoms with E-state index in [0.717, 1.165) is 11.1 Å². The van der Waals surface area contributed by atoms with Crippen molar-refractivity contribution in [3.63, 3.8) is 0 Å². The summed E-state index contributed by atoms with van der Waals surface area (Å²) < 4.78 is 0. The average molecular weight is 418 g/mol. The molecule has 2 aliphatic carbocycles. The van der Waals surface area contributed by atoms with Crippen LogP contribution in [0.2, 0.25) is 0 Å². The van der Waals surface area contributed by atoms with Crippen molar-refractivity contribution >= 4 is 11.9 Å². The Labute approximate surface area is 184 Å². The number of nitrogens with zero attached hydrogens (tertiary/aromatic N) is 2. The number of imide groups is 1. The van der Waals surface area contributed by atoms with Gasteiger partial charge in [0.25, 0.3) is 5.91 Å². The number of hydrogen-bond donors (Lipinski definition) is 1. The summed E-state index contributed by atoms with van der Waals surface area (Å²) in [5.41, 5.74) is 1.18. The maximum atomic E-state index is 13.9. The minimum absolute atomic E-state index is 0.0890. The Morgan fingerprint density at radius 2 is 1.32 bits per heavy atom. The van der Waals surface area contributed by atoms with Crippen LogP contribution in [0.4, 0.5) is 4.79 Å². The fraction of sp³-hybridized carbons (Fsp3) is 0.462. The first-order valence-electron chi connectivity index (χ1n) is 11.6. The van der Waals surface area contributed by atoms with E-state index in [9.17, 15) is 9.59 Å². The highest BCUT2D eigenvalue weighted by atomic mass is 16.2. The molecule has 31 heavy (non-hydrogen) atoms. The van der Waals surface area contributed by atoms with Crippen LogP contribution in [-0.2, 0) is 17.6 Å². The first-order valence-corrected chi connectivity index (χ1v) is 11.6. The van der Waals surface area contributed by atoms with Crippen LogP contribution in [0.15, 0.2) is 60.7 Å². The normalized spacial score (nSPS) is 21.1. The highest BCUT2D eigenvalue weighted by molar-refractivity contribution is 6.07. The predicted molar refractivity (Wildman–Crippen MR) is 120 cm³/mol. The zero-order valence-corrected chi connectivity index (χ0v) is 18.0. The van der Waals surface area contributed by atoms with E-state index in [1.54, 1.807) is 0 Å². The molecule has 1 heterocycles. The summed E-state index contributed by atoms with van der Waals surface area (Å²) in [5, 5.41) is 3.13. The molecule has 1 aliphatic heterocycles. The third-order valence-corrected chi connectivity index (χ3v) is 7.06. The minimum atomic E-state index is -0.940. The monoisotopic (exact) mass is 417 g/mol. The fourth-order valence-corrected chi connectivity index (χ4v) is 5.33. The van der Waals surface area contributed by atoms with Crippen molar-refractivity contribution in [3.05, 3.63) is 71.8 Å². The lowest BCUT2D eigenvalue weighted by Gasteiger charge is -2.32. The van der Waals surface area contributed by atoms with E-state index < -0.39 is 5.54 Å². The largest absolute Gasteiger partial charge is 0.326 e. The van der Waals surface area contributed by atoms with Gasteiger partial charge in [-0.25, -0.2) is 9.69 Å². The van der Waals surface area contributed by atoms with E-state index in [-0.39, 0.29) is 11.9 Å².